The number of rotatable bonds is 6. The predicted octanol–water partition coefficient (Wildman–Crippen LogP) is 1.43. The third kappa shape index (κ3) is 10.1. The van der Waals surface area contributed by atoms with Gasteiger partial charge in [0.05, 0.1) is 40.9 Å². The standard InChI is InChI=1S/C21H19N7O2.C2H4O2.Zn/c1-14(25-27-20(29)16-6-4-10-22-12-16)18-8-3-9-19(24-18)15(2)26-28-21(30)17-7-5-11-23-13-17;1-2(3)4;/h3-13H,1-2H3,(H,27,29)(H,28,30);1H3,(H,3,4);/q;;+2/p+1. The van der Waals surface area contributed by atoms with Crippen LogP contribution in [0.3, 0.4) is 0 Å². The smallest absolute Gasteiger partial charge is 0.565 e. The maximum absolute atomic E-state index is 12.1. The molecule has 4 N–H and O–H groups in total. The molecule has 0 atom stereocenters. The van der Waals surface area contributed by atoms with Gasteiger partial charge in [-0.05, 0) is 50.2 Å². The van der Waals surface area contributed by atoms with Crippen molar-refractivity contribution in [2.45, 2.75) is 20.8 Å². The van der Waals surface area contributed by atoms with Crippen molar-refractivity contribution >= 4 is 29.2 Å². The van der Waals surface area contributed by atoms with E-state index in [1.807, 2.05) is 0 Å². The molecule has 0 aromatic carbocycles. The average Bonchev–Trinajstić information content (AvgIpc) is 2.86. The number of nitrogens with zero attached hydrogens (tertiary/aromatic N) is 5. The van der Waals surface area contributed by atoms with Gasteiger partial charge in [-0.25, -0.2) is 15.8 Å². The quantitative estimate of drug-likeness (QED) is 0.213. The van der Waals surface area contributed by atoms with Crippen molar-refractivity contribution in [2.75, 3.05) is 0 Å². The molecule has 12 heteroatoms. The molecule has 0 saturated heterocycles. The molecule has 3 heterocycles. The second-order valence-electron chi connectivity index (χ2n) is 6.72. The molecule has 3 aromatic rings. The van der Waals surface area contributed by atoms with E-state index in [0.717, 1.165) is 0 Å². The Kier molecular flexibility index (Phi) is 12.3. The molecule has 0 saturated carbocycles. The largest absolute Gasteiger partial charge is 2.00 e. The van der Waals surface area contributed by atoms with Gasteiger partial charge in [0, 0.05) is 29.6 Å². The zero-order valence-corrected chi connectivity index (χ0v) is 22.5. The maximum atomic E-state index is 12.1. The summed E-state index contributed by atoms with van der Waals surface area (Å²) in [6.07, 6.45) is 6.09. The molecule has 0 fully saturated rings. The zero-order valence-electron chi connectivity index (χ0n) is 19.5. The number of pyridine rings is 3. The minimum atomic E-state index is -0.583. The molecule has 174 valence electrons. The second-order valence-corrected chi connectivity index (χ2v) is 6.72. The van der Waals surface area contributed by atoms with Gasteiger partial charge >= 0.3 is 25.4 Å². The van der Waals surface area contributed by atoms with Crippen LogP contribution in [0.2, 0.25) is 0 Å². The van der Waals surface area contributed by atoms with Crippen molar-refractivity contribution in [1.29, 1.82) is 0 Å². The van der Waals surface area contributed by atoms with Crippen LogP contribution in [0.1, 0.15) is 52.9 Å². The summed E-state index contributed by atoms with van der Waals surface area (Å²) in [4.78, 5) is 45.6. The second kappa shape index (κ2) is 14.9. The minimum Gasteiger partial charge on any atom is -0.565 e. The predicted molar refractivity (Wildman–Crippen MR) is 126 cm³/mol. The first-order valence-corrected chi connectivity index (χ1v) is 9.97. The van der Waals surface area contributed by atoms with Gasteiger partial charge in [0.25, 0.3) is 11.8 Å². The number of carbonyl (C=O) groups excluding carboxylic acids is 3. The molecule has 35 heavy (non-hydrogen) atoms. The van der Waals surface area contributed by atoms with Gasteiger partial charge < -0.3 is 5.11 Å². The molecule has 0 unspecified atom stereocenters. The molecule has 0 bridgehead atoms. The summed E-state index contributed by atoms with van der Waals surface area (Å²) in [5.41, 5.74) is 7.93. The van der Waals surface area contributed by atoms with E-state index in [0.29, 0.717) is 33.9 Å². The van der Waals surface area contributed by atoms with Crippen molar-refractivity contribution in [3.63, 3.8) is 0 Å². The number of amides is 2. The van der Waals surface area contributed by atoms with E-state index in [1.165, 1.54) is 19.3 Å². The summed E-state index contributed by atoms with van der Waals surface area (Å²) < 4.78 is 0. The monoisotopic (exact) mass is 526 g/mol. The summed E-state index contributed by atoms with van der Waals surface area (Å²) in [5, 5.41) is 14.1. The summed E-state index contributed by atoms with van der Waals surface area (Å²) in [6, 6.07) is 12.0. The normalized spacial score (nSPS) is 10.7. The van der Waals surface area contributed by atoms with Crippen molar-refractivity contribution in [3.8, 4) is 0 Å². The molecule has 0 spiro atoms. The fourth-order valence-electron chi connectivity index (χ4n) is 2.34. The van der Waals surface area contributed by atoms with Gasteiger partial charge in [-0.2, -0.15) is 10.2 Å². The summed E-state index contributed by atoms with van der Waals surface area (Å²) in [6.45, 7) is 4.65. The molecular formula is C23H24N7O4Zn+3. The van der Waals surface area contributed by atoms with E-state index in [4.69, 9.17) is 9.90 Å². The van der Waals surface area contributed by atoms with E-state index in [2.05, 4.69) is 36.0 Å². The number of hydrazone groups is 2. The first-order chi connectivity index (χ1) is 16.3. The Morgan fingerprint density at radius 2 is 1.14 bits per heavy atom. The number of hydrogen-bond donors (Lipinski definition) is 2. The molecule has 0 aliphatic rings. The molecule has 0 aliphatic heterocycles. The molecule has 3 aromatic heterocycles. The van der Waals surface area contributed by atoms with Crippen LogP contribution < -0.4 is 10.9 Å². The van der Waals surface area contributed by atoms with Gasteiger partial charge in [0.2, 0.25) is 0 Å². The third-order valence-corrected chi connectivity index (χ3v) is 3.99. The van der Waals surface area contributed by atoms with Crippen molar-refractivity contribution in [3.05, 3.63) is 89.8 Å². The first-order valence-electron chi connectivity index (χ1n) is 9.97. The Labute approximate surface area is 214 Å². The van der Waals surface area contributed by atoms with Gasteiger partial charge in [-0.3, -0.25) is 19.6 Å². The Morgan fingerprint density at radius 1 is 0.743 bits per heavy atom. The molecule has 11 nitrogen and oxygen atoms in total. The fraction of sp³-hybridized carbons (Fsp3) is 0.130. The van der Waals surface area contributed by atoms with Gasteiger partial charge in [-0.15, -0.1) is 0 Å². The van der Waals surface area contributed by atoms with Crippen molar-refractivity contribution < 1.29 is 39.0 Å². The molecule has 0 aliphatic carbocycles. The molecule has 2 amide bonds. The third-order valence-electron chi connectivity index (χ3n) is 3.99. The molecule has 0 radical (unpaired) electrons. The van der Waals surface area contributed by atoms with Crippen LogP contribution in [0, 0.1) is 0 Å². The Bertz CT molecular complexity index is 1110. The van der Waals surface area contributed by atoms with E-state index >= 15 is 0 Å². The summed E-state index contributed by atoms with van der Waals surface area (Å²) >= 11 is 0. The average molecular weight is 528 g/mol. The van der Waals surface area contributed by atoms with E-state index in [-0.39, 0.29) is 31.3 Å². The number of carbonyl (C=O) groups is 3. The molecule has 3 rings (SSSR count). The topological polar surface area (TPSA) is 162 Å². The van der Waals surface area contributed by atoms with Gasteiger partial charge in [0.1, 0.15) is 0 Å². The minimum absolute atomic E-state index is 0. The van der Waals surface area contributed by atoms with Crippen molar-refractivity contribution in [2.24, 2.45) is 10.2 Å². The number of aromatic nitrogens is 3. The summed E-state index contributed by atoms with van der Waals surface area (Å²) in [5.74, 6) is -1.32. The van der Waals surface area contributed by atoms with E-state index in [1.54, 1.807) is 68.7 Å². The van der Waals surface area contributed by atoms with Gasteiger partial charge in [0.15, 0.2) is 0 Å². The zero-order chi connectivity index (χ0) is 24.9. The Morgan fingerprint density at radius 3 is 1.49 bits per heavy atom. The van der Waals surface area contributed by atoms with Crippen LogP contribution in [-0.4, -0.2) is 49.3 Å². The SMILES string of the molecule is CC(=NNC(=O)c1cccnc1)c1cccc(C(C)=NNC(=O)c2cccnc2)n1.CC(=O)[OH2+].[Zn+2]. The Hall–Kier alpha value is -4.18. The van der Waals surface area contributed by atoms with E-state index < -0.39 is 5.97 Å². The van der Waals surface area contributed by atoms with Crippen LogP contribution in [0.25, 0.3) is 0 Å². The molecular weight excluding hydrogens is 504 g/mol. The van der Waals surface area contributed by atoms with Crippen LogP contribution in [0.4, 0.5) is 0 Å². The van der Waals surface area contributed by atoms with Crippen LogP contribution in [0.15, 0.2) is 77.5 Å². The van der Waals surface area contributed by atoms with E-state index in [9.17, 15) is 9.59 Å². The number of nitrogens with one attached hydrogen (secondary N) is 2. The van der Waals surface area contributed by atoms with Gasteiger partial charge in [-0.1, -0.05) is 6.07 Å². The maximum Gasteiger partial charge on any atom is 2.00 e. The van der Waals surface area contributed by atoms with Crippen LogP contribution in [-0.2, 0) is 24.3 Å². The summed E-state index contributed by atoms with van der Waals surface area (Å²) in [7, 11) is 0. The van der Waals surface area contributed by atoms with Crippen LogP contribution >= 0.6 is 0 Å². The Balaban J connectivity index is 0.00000114. The van der Waals surface area contributed by atoms with Crippen molar-refractivity contribution in [1.82, 2.24) is 25.8 Å². The first kappa shape index (κ1) is 28.9. The van der Waals surface area contributed by atoms with Crippen LogP contribution in [0.5, 0.6) is 0 Å². The fourth-order valence-corrected chi connectivity index (χ4v) is 2.34. The number of hydrogen-bond acceptors (Lipinski definition) is 8.